The van der Waals surface area contributed by atoms with Crippen molar-refractivity contribution < 1.29 is 50.6 Å². The van der Waals surface area contributed by atoms with Gasteiger partial charge in [0.15, 0.2) is 11.3 Å². The zero-order valence-electron chi connectivity index (χ0n) is 30.8. The van der Waals surface area contributed by atoms with Gasteiger partial charge in [0, 0.05) is 29.2 Å². The van der Waals surface area contributed by atoms with E-state index in [1.54, 1.807) is 24.3 Å². The van der Waals surface area contributed by atoms with Gasteiger partial charge in [-0.2, -0.15) is 0 Å². The average molecular weight is 792 g/mol. The topological polar surface area (TPSA) is 195 Å². The summed E-state index contributed by atoms with van der Waals surface area (Å²) in [5, 5.41) is 5.68. The van der Waals surface area contributed by atoms with Crippen LogP contribution >= 0.6 is 0 Å². The second-order valence-electron chi connectivity index (χ2n) is 14.9. The van der Waals surface area contributed by atoms with Crippen LogP contribution in [0.3, 0.4) is 0 Å². The summed E-state index contributed by atoms with van der Waals surface area (Å²) in [6, 6.07) is 7.30. The van der Waals surface area contributed by atoms with Gasteiger partial charge in [-0.25, -0.2) is 22.6 Å². The van der Waals surface area contributed by atoms with Crippen LogP contribution in [0.5, 0.6) is 11.5 Å². The van der Waals surface area contributed by atoms with Crippen LogP contribution < -0.4 is 24.8 Å². The number of halogens is 1. The number of fused-ring (bicyclic) bond motifs is 6. The minimum absolute atomic E-state index is 0.0273. The number of hydrogen-bond donors (Lipinski definition) is 3. The Morgan fingerprint density at radius 2 is 1.88 bits per heavy atom. The highest BCUT2D eigenvalue weighted by molar-refractivity contribution is 7.91. The maximum atomic E-state index is 15.4. The molecule has 56 heavy (non-hydrogen) atoms. The van der Waals surface area contributed by atoms with E-state index in [0.717, 1.165) is 12.8 Å². The lowest BCUT2D eigenvalue weighted by molar-refractivity contribution is -0.141. The molecule has 3 fully saturated rings. The number of pyridine rings is 1. The fourth-order valence-electron chi connectivity index (χ4n) is 7.83. The van der Waals surface area contributed by atoms with Crippen LogP contribution in [0.25, 0.3) is 33.0 Å². The molecule has 8 rings (SSSR count). The Labute approximate surface area is 321 Å². The largest absolute Gasteiger partial charge is 0.497 e. The molecule has 4 amide bonds. The van der Waals surface area contributed by atoms with Gasteiger partial charge >= 0.3 is 6.09 Å². The molecule has 2 aliphatic carbocycles. The van der Waals surface area contributed by atoms with Gasteiger partial charge in [-0.05, 0) is 62.8 Å². The molecule has 2 aromatic carbocycles. The Balaban J connectivity index is 1.17. The molecule has 1 saturated heterocycles. The highest BCUT2D eigenvalue weighted by Crippen LogP contribution is 2.46. The molecular weight excluding hydrogens is 750 g/mol. The summed E-state index contributed by atoms with van der Waals surface area (Å²) in [5.74, 6) is -2.49. The highest BCUT2D eigenvalue weighted by atomic mass is 32.2. The first-order valence-electron chi connectivity index (χ1n) is 18.8. The van der Waals surface area contributed by atoms with Crippen molar-refractivity contribution in [2.24, 2.45) is 5.92 Å². The molecule has 296 valence electrons. The van der Waals surface area contributed by atoms with Gasteiger partial charge in [0.25, 0.3) is 5.91 Å². The third-order valence-corrected chi connectivity index (χ3v) is 13.0. The lowest BCUT2D eigenvalue weighted by Crippen LogP contribution is -2.58. The summed E-state index contributed by atoms with van der Waals surface area (Å²) in [7, 11) is -1.23. The number of carbonyl (C=O) groups is 4. The molecule has 4 aliphatic rings. The molecule has 0 unspecified atom stereocenters. The molecule has 5 atom stereocenters. The van der Waals surface area contributed by atoms with Crippen molar-refractivity contribution in [3.05, 3.63) is 54.4 Å². The monoisotopic (exact) mass is 791 g/mol. The second kappa shape index (κ2) is 14.6. The van der Waals surface area contributed by atoms with Crippen molar-refractivity contribution in [2.45, 2.75) is 86.8 Å². The predicted molar refractivity (Wildman–Crippen MR) is 201 cm³/mol. The lowest BCUT2D eigenvalue weighted by atomic mass is 10.1. The van der Waals surface area contributed by atoms with E-state index in [4.69, 9.17) is 18.6 Å². The number of sulfonamides is 1. The first kappa shape index (κ1) is 37.5. The van der Waals surface area contributed by atoms with Crippen LogP contribution in [-0.2, 0) is 29.1 Å². The molecule has 4 aromatic rings. The van der Waals surface area contributed by atoms with Crippen LogP contribution in [0.4, 0.5) is 9.18 Å². The Bertz CT molecular complexity index is 2400. The van der Waals surface area contributed by atoms with Crippen molar-refractivity contribution in [2.75, 3.05) is 20.8 Å². The molecule has 0 bridgehead atoms. The number of amides is 4. The number of rotatable bonds is 7. The van der Waals surface area contributed by atoms with Crippen molar-refractivity contribution >= 4 is 66.8 Å². The molecule has 2 aliphatic heterocycles. The number of nitrogens with one attached hydrogen (secondary N) is 3. The Morgan fingerprint density at radius 1 is 1.05 bits per heavy atom. The molecule has 2 saturated carbocycles. The summed E-state index contributed by atoms with van der Waals surface area (Å²) in [5.41, 5.74) is -0.566. The Kier molecular flexibility index (Phi) is 9.75. The smallest absolute Gasteiger partial charge is 0.407 e. The van der Waals surface area contributed by atoms with E-state index in [9.17, 15) is 27.6 Å². The van der Waals surface area contributed by atoms with Crippen molar-refractivity contribution in [3.63, 3.8) is 0 Å². The van der Waals surface area contributed by atoms with Crippen LogP contribution in [0.15, 0.2) is 53.0 Å². The summed E-state index contributed by atoms with van der Waals surface area (Å²) in [6.45, 7) is -0.135. The molecule has 17 heteroatoms. The molecule has 3 N–H and O–H groups in total. The number of methoxy groups -OCH3 is 2. The normalized spacial score (nSPS) is 26.4. The maximum Gasteiger partial charge on any atom is 0.407 e. The molecular formula is C39H42FN5O10S. The number of furan rings is 1. The summed E-state index contributed by atoms with van der Waals surface area (Å²) in [4.78, 5) is 61.0. The number of allylic oxidation sites excluding steroid dienone is 1. The van der Waals surface area contributed by atoms with Crippen molar-refractivity contribution in [1.82, 2.24) is 25.2 Å². The highest BCUT2D eigenvalue weighted by Gasteiger charge is 2.62. The van der Waals surface area contributed by atoms with Gasteiger partial charge in [0.1, 0.15) is 51.9 Å². The number of hydrogen-bond acceptors (Lipinski definition) is 11. The first-order valence-corrected chi connectivity index (χ1v) is 20.3. The van der Waals surface area contributed by atoms with E-state index in [1.165, 1.54) is 31.3 Å². The number of benzene rings is 2. The number of nitrogens with zero attached hydrogens (tertiary/aromatic N) is 2. The molecule has 0 radical (unpaired) electrons. The zero-order chi connectivity index (χ0) is 39.4. The number of para-hydroxylation sites is 1. The van der Waals surface area contributed by atoms with E-state index in [-0.39, 0.29) is 42.7 Å². The van der Waals surface area contributed by atoms with Gasteiger partial charge in [-0.3, -0.25) is 19.1 Å². The van der Waals surface area contributed by atoms with Gasteiger partial charge in [-0.15, -0.1) is 0 Å². The molecule has 4 heterocycles. The summed E-state index contributed by atoms with van der Waals surface area (Å²) in [6.07, 6.45) is 6.03. The van der Waals surface area contributed by atoms with Crippen LogP contribution in [-0.4, -0.2) is 91.9 Å². The van der Waals surface area contributed by atoms with Crippen molar-refractivity contribution in [3.8, 4) is 11.5 Å². The van der Waals surface area contributed by atoms with Crippen LogP contribution in [0, 0.1) is 11.7 Å². The number of carbonyl (C=O) groups excluding carboxylic acids is 4. The standard InChI is InChI=1S/C39H42FN5O10S/c1-52-22-13-16-25-30(18-22)55-34-32(25)42-31-26(10-8-11-27(31)40)33(34)54-23-17-29-35(46)43-39(37(48)44-56(50,51)24-14-15-24)19-21(39)9-6-4-3-5-7-12-28(41-38(49)53-2)36(47)45(29)20-23/h6,8-11,13,16,18,21,23-24,28-29H,3-5,7,12,14-15,17,19-20H2,1-2H3,(H,41,49)(H,43,46)(H,44,48)/b9-6-/t21-,23-,28+,29+,39-/m1/s1. The van der Waals surface area contributed by atoms with Gasteiger partial charge in [0.05, 0.1) is 26.0 Å². The van der Waals surface area contributed by atoms with Crippen molar-refractivity contribution in [1.29, 1.82) is 0 Å². The van der Waals surface area contributed by atoms with Crippen LogP contribution in [0.1, 0.15) is 57.8 Å². The first-order chi connectivity index (χ1) is 26.9. The Morgan fingerprint density at radius 3 is 2.64 bits per heavy atom. The second-order valence-corrected chi connectivity index (χ2v) is 16.9. The lowest BCUT2D eigenvalue weighted by Gasteiger charge is -2.29. The number of aromatic nitrogens is 1. The fourth-order valence-corrected chi connectivity index (χ4v) is 9.20. The van der Waals surface area contributed by atoms with E-state index >= 15 is 4.39 Å². The molecule has 15 nitrogen and oxygen atoms in total. The minimum atomic E-state index is -3.93. The van der Waals surface area contributed by atoms with E-state index < -0.39 is 74.5 Å². The third kappa shape index (κ3) is 6.96. The average Bonchev–Trinajstić information content (AvgIpc) is 4.08. The predicted octanol–water partition coefficient (Wildman–Crippen LogP) is 4.36. The third-order valence-electron chi connectivity index (χ3n) is 11.1. The maximum absolute atomic E-state index is 15.4. The van der Waals surface area contributed by atoms with E-state index in [2.05, 4.69) is 20.3 Å². The zero-order valence-corrected chi connectivity index (χ0v) is 31.7. The Hall–Kier alpha value is -5.45. The van der Waals surface area contributed by atoms with Gasteiger partial charge < -0.3 is 34.2 Å². The van der Waals surface area contributed by atoms with Gasteiger partial charge in [-0.1, -0.05) is 31.1 Å². The fraction of sp³-hybridized carbons (Fsp3) is 0.462. The molecule has 2 aromatic heterocycles. The number of alkyl carbamates (subject to hydrolysis) is 1. The van der Waals surface area contributed by atoms with E-state index in [1.807, 2.05) is 12.2 Å². The summed E-state index contributed by atoms with van der Waals surface area (Å²) >= 11 is 0. The van der Waals surface area contributed by atoms with Crippen LogP contribution in [0.2, 0.25) is 0 Å². The quantitative estimate of drug-likeness (QED) is 0.225. The minimum Gasteiger partial charge on any atom is -0.497 e. The SMILES string of the molecule is COC(=O)N[C@H]1CCCCC/C=C\[C@@H]2C[C@@]2(C(=O)NS(=O)(=O)C2CC2)NC(=O)[C@@H]2C[C@@H](Oc3c4cccc(F)c4nc4c3oc3cc(OC)ccc34)CN2C1=O. The van der Waals surface area contributed by atoms with E-state index in [0.29, 0.717) is 53.3 Å². The number of ether oxygens (including phenoxy) is 3. The molecule has 0 spiro atoms. The summed E-state index contributed by atoms with van der Waals surface area (Å²) < 4.78 is 66.4. The van der Waals surface area contributed by atoms with Gasteiger partial charge in [0.2, 0.25) is 21.8 Å².